The van der Waals surface area contributed by atoms with Crippen LogP contribution in [0.3, 0.4) is 0 Å². The Bertz CT molecular complexity index is 269. The lowest BCUT2D eigenvalue weighted by atomic mass is 9.85. The van der Waals surface area contributed by atoms with Gasteiger partial charge in [-0.25, -0.2) is 0 Å². The Morgan fingerprint density at radius 2 is 2.24 bits per heavy atom. The quantitative estimate of drug-likeness (QED) is 0.499. The molecule has 0 spiro atoms. The van der Waals surface area contributed by atoms with Gasteiger partial charge in [-0.15, -0.1) is 0 Å². The molecule has 4 atom stereocenters. The molecule has 0 saturated carbocycles. The van der Waals surface area contributed by atoms with E-state index in [-0.39, 0.29) is 19.1 Å². The van der Waals surface area contributed by atoms with Crippen LogP contribution in [-0.2, 0) is 9.53 Å². The van der Waals surface area contributed by atoms with Crippen molar-refractivity contribution in [3.63, 3.8) is 0 Å². The molecule has 0 bridgehead atoms. The van der Waals surface area contributed by atoms with E-state index >= 15 is 0 Å². The van der Waals surface area contributed by atoms with Crippen LogP contribution in [0.1, 0.15) is 26.7 Å². The van der Waals surface area contributed by atoms with Crippen LogP contribution in [0.15, 0.2) is 0 Å². The maximum absolute atomic E-state index is 11.4. The molecule has 6 nitrogen and oxygen atoms in total. The van der Waals surface area contributed by atoms with Crippen molar-refractivity contribution < 1.29 is 24.9 Å². The third-order valence-electron chi connectivity index (χ3n) is 3.13. The van der Waals surface area contributed by atoms with Crippen molar-refractivity contribution in [1.82, 2.24) is 5.32 Å². The molecule has 0 aliphatic carbocycles. The van der Waals surface area contributed by atoms with Gasteiger partial charge in [0.05, 0.1) is 19.3 Å². The van der Waals surface area contributed by atoms with E-state index in [4.69, 9.17) is 9.84 Å². The van der Waals surface area contributed by atoms with Crippen LogP contribution in [-0.4, -0.2) is 58.3 Å². The molecule has 1 aliphatic heterocycles. The van der Waals surface area contributed by atoms with E-state index in [0.717, 1.165) is 0 Å². The van der Waals surface area contributed by atoms with Gasteiger partial charge in [0.2, 0.25) is 5.91 Å². The van der Waals surface area contributed by atoms with Crippen molar-refractivity contribution in [1.29, 1.82) is 0 Å². The summed E-state index contributed by atoms with van der Waals surface area (Å²) in [7, 11) is 0. The van der Waals surface area contributed by atoms with E-state index in [2.05, 4.69) is 5.32 Å². The number of carbonyl (C=O) groups excluding carboxylic acids is 1. The van der Waals surface area contributed by atoms with Gasteiger partial charge in [-0.3, -0.25) is 4.79 Å². The van der Waals surface area contributed by atoms with Gasteiger partial charge in [0.15, 0.2) is 0 Å². The number of nitrogens with one attached hydrogen (secondary N) is 1. The third kappa shape index (κ3) is 3.16. The van der Waals surface area contributed by atoms with Crippen LogP contribution in [0.25, 0.3) is 0 Å². The van der Waals surface area contributed by atoms with Crippen molar-refractivity contribution in [2.45, 2.75) is 50.5 Å². The predicted molar refractivity (Wildman–Crippen MR) is 60.3 cm³/mol. The SMILES string of the molecule is CCCC(=O)NC1COC(CO)[C@@H](O)[C@@]1(C)O. The summed E-state index contributed by atoms with van der Waals surface area (Å²) in [6, 6.07) is -0.667. The lowest BCUT2D eigenvalue weighted by Gasteiger charge is -2.44. The second kappa shape index (κ2) is 5.77. The number of ether oxygens (including phenoxy) is 1. The Balaban J connectivity index is 2.65. The van der Waals surface area contributed by atoms with Crippen molar-refractivity contribution >= 4 is 5.91 Å². The van der Waals surface area contributed by atoms with Crippen LogP contribution in [0.5, 0.6) is 0 Å². The van der Waals surface area contributed by atoms with Gasteiger partial charge in [0.25, 0.3) is 0 Å². The second-order valence-electron chi connectivity index (χ2n) is 4.60. The number of aliphatic hydroxyl groups excluding tert-OH is 2. The smallest absolute Gasteiger partial charge is 0.220 e. The highest BCUT2D eigenvalue weighted by atomic mass is 16.5. The zero-order chi connectivity index (χ0) is 13.1. The molecule has 1 amide bonds. The summed E-state index contributed by atoms with van der Waals surface area (Å²) in [6.07, 6.45) is -0.965. The van der Waals surface area contributed by atoms with Gasteiger partial charge in [-0.05, 0) is 13.3 Å². The van der Waals surface area contributed by atoms with Gasteiger partial charge in [-0.1, -0.05) is 6.92 Å². The van der Waals surface area contributed by atoms with E-state index in [1.165, 1.54) is 6.92 Å². The zero-order valence-electron chi connectivity index (χ0n) is 10.2. The number of carbonyl (C=O) groups is 1. The lowest BCUT2D eigenvalue weighted by Crippen LogP contribution is -2.67. The summed E-state index contributed by atoms with van der Waals surface area (Å²) < 4.78 is 5.19. The summed E-state index contributed by atoms with van der Waals surface area (Å²) in [5.41, 5.74) is -1.50. The molecular weight excluding hydrogens is 226 g/mol. The van der Waals surface area contributed by atoms with Crippen molar-refractivity contribution in [2.75, 3.05) is 13.2 Å². The maximum atomic E-state index is 11.4. The summed E-state index contributed by atoms with van der Waals surface area (Å²) >= 11 is 0. The fourth-order valence-corrected chi connectivity index (χ4v) is 1.90. The molecule has 1 rings (SSSR count). The molecule has 17 heavy (non-hydrogen) atoms. The van der Waals surface area contributed by atoms with E-state index in [0.29, 0.717) is 12.8 Å². The number of hydrogen-bond acceptors (Lipinski definition) is 5. The van der Waals surface area contributed by atoms with Crippen LogP contribution >= 0.6 is 0 Å². The summed E-state index contributed by atoms with van der Waals surface area (Å²) in [6.45, 7) is 3.02. The first-order valence-corrected chi connectivity index (χ1v) is 5.85. The molecule has 4 N–H and O–H groups in total. The monoisotopic (exact) mass is 247 g/mol. The molecule has 1 saturated heterocycles. The van der Waals surface area contributed by atoms with E-state index in [1.54, 1.807) is 0 Å². The Morgan fingerprint density at radius 3 is 2.76 bits per heavy atom. The van der Waals surface area contributed by atoms with Gasteiger partial charge >= 0.3 is 0 Å². The molecule has 100 valence electrons. The Labute approximate surface area is 101 Å². The van der Waals surface area contributed by atoms with Crippen LogP contribution in [0.2, 0.25) is 0 Å². The minimum Gasteiger partial charge on any atom is -0.394 e. The first-order chi connectivity index (χ1) is 7.93. The first-order valence-electron chi connectivity index (χ1n) is 5.85. The number of amides is 1. The van der Waals surface area contributed by atoms with Crippen molar-refractivity contribution in [3.05, 3.63) is 0 Å². The van der Waals surface area contributed by atoms with Gasteiger partial charge in [-0.2, -0.15) is 0 Å². The van der Waals surface area contributed by atoms with Gasteiger partial charge in [0.1, 0.15) is 17.8 Å². The fraction of sp³-hybridized carbons (Fsp3) is 0.909. The normalized spacial score (nSPS) is 37.8. The van der Waals surface area contributed by atoms with Crippen molar-refractivity contribution in [3.8, 4) is 0 Å². The van der Waals surface area contributed by atoms with Crippen LogP contribution in [0, 0.1) is 0 Å². The van der Waals surface area contributed by atoms with E-state index in [9.17, 15) is 15.0 Å². The fourth-order valence-electron chi connectivity index (χ4n) is 1.90. The van der Waals surface area contributed by atoms with E-state index in [1.807, 2.05) is 6.92 Å². The largest absolute Gasteiger partial charge is 0.394 e. The standard InChI is InChI=1S/C11H21NO5/c1-3-4-9(14)12-8-6-17-7(5-13)10(15)11(8,2)16/h7-8,10,13,15-16H,3-6H2,1-2H3,(H,12,14)/t7?,8?,10-,11+/m1/s1. The molecule has 0 aromatic heterocycles. The van der Waals surface area contributed by atoms with Crippen LogP contribution in [0.4, 0.5) is 0 Å². The molecule has 2 unspecified atom stereocenters. The molecule has 0 aromatic rings. The Kier molecular flexibility index (Phi) is 4.88. The van der Waals surface area contributed by atoms with Gasteiger partial charge < -0.3 is 25.4 Å². The van der Waals surface area contributed by atoms with Crippen LogP contribution < -0.4 is 5.32 Å². The minimum atomic E-state index is -1.50. The Morgan fingerprint density at radius 1 is 1.59 bits per heavy atom. The molecule has 1 heterocycles. The molecule has 1 aliphatic rings. The van der Waals surface area contributed by atoms with Crippen molar-refractivity contribution in [2.24, 2.45) is 0 Å². The number of aliphatic hydroxyl groups is 3. The maximum Gasteiger partial charge on any atom is 0.220 e. The summed E-state index contributed by atoms with van der Waals surface area (Å²) in [4.78, 5) is 11.4. The van der Waals surface area contributed by atoms with Gasteiger partial charge in [0, 0.05) is 6.42 Å². The van der Waals surface area contributed by atoms with E-state index < -0.39 is 23.9 Å². The minimum absolute atomic E-state index is 0.0741. The zero-order valence-corrected chi connectivity index (χ0v) is 10.2. The highest BCUT2D eigenvalue weighted by molar-refractivity contribution is 5.76. The first kappa shape index (κ1) is 14.4. The highest BCUT2D eigenvalue weighted by Crippen LogP contribution is 2.25. The molecule has 1 fully saturated rings. The molecule has 0 radical (unpaired) electrons. The summed E-state index contributed by atoms with van der Waals surface area (Å²) in [5.74, 6) is -0.184. The molecule has 0 aromatic carbocycles. The number of hydrogen-bond donors (Lipinski definition) is 4. The second-order valence-corrected chi connectivity index (χ2v) is 4.60. The number of rotatable bonds is 4. The lowest BCUT2D eigenvalue weighted by molar-refractivity contribution is -0.206. The third-order valence-corrected chi connectivity index (χ3v) is 3.13. The topological polar surface area (TPSA) is 99.0 Å². The average Bonchev–Trinajstić information content (AvgIpc) is 2.26. The Hall–Kier alpha value is -0.690. The highest BCUT2D eigenvalue weighted by Gasteiger charge is 2.48. The summed E-state index contributed by atoms with van der Waals surface area (Å²) in [5, 5.41) is 31.6. The molecular formula is C11H21NO5. The molecule has 6 heteroatoms. The predicted octanol–water partition coefficient (Wildman–Crippen LogP) is -1.23. The average molecular weight is 247 g/mol.